The zero-order valence-electron chi connectivity index (χ0n) is 10.3. The van der Waals surface area contributed by atoms with Crippen molar-refractivity contribution >= 4 is 17.3 Å². The molecular formula is C14H12N2O3. The minimum atomic E-state index is -1.10. The highest BCUT2D eigenvalue weighted by atomic mass is 16.5. The van der Waals surface area contributed by atoms with Gasteiger partial charge >= 0.3 is 5.97 Å². The maximum Gasteiger partial charge on any atom is 0.341 e. The quantitative estimate of drug-likeness (QED) is 0.845. The van der Waals surface area contributed by atoms with Crippen LogP contribution >= 0.6 is 0 Å². The van der Waals surface area contributed by atoms with Crippen LogP contribution in [0.2, 0.25) is 0 Å². The van der Waals surface area contributed by atoms with Crippen LogP contribution in [0.5, 0.6) is 5.75 Å². The Hall–Kier alpha value is -2.69. The number of carboxylic acid groups (broad SMARTS) is 1. The topological polar surface area (TPSA) is 71.2 Å². The van der Waals surface area contributed by atoms with E-state index < -0.39 is 5.97 Å². The number of carbonyl (C=O) groups is 1. The van der Waals surface area contributed by atoms with E-state index in [1.807, 2.05) is 18.2 Å². The van der Waals surface area contributed by atoms with Crippen molar-refractivity contribution < 1.29 is 14.6 Å². The highest BCUT2D eigenvalue weighted by molar-refractivity contribution is 5.96. The summed E-state index contributed by atoms with van der Waals surface area (Å²) >= 11 is 0. The summed E-state index contributed by atoms with van der Waals surface area (Å²) < 4.78 is 5.02. The van der Waals surface area contributed by atoms with Crippen molar-refractivity contribution in [3.8, 4) is 5.75 Å². The summed E-state index contributed by atoms with van der Waals surface area (Å²) in [5, 5.41) is 17.2. The van der Waals surface area contributed by atoms with E-state index in [-0.39, 0.29) is 17.0 Å². The van der Waals surface area contributed by atoms with E-state index in [2.05, 4.69) is 10.2 Å². The van der Waals surface area contributed by atoms with Gasteiger partial charge in [0.2, 0.25) is 0 Å². The predicted octanol–water partition coefficient (Wildman–Crippen LogP) is 3.81. The van der Waals surface area contributed by atoms with Gasteiger partial charge in [0.1, 0.15) is 17.0 Å². The second-order valence-corrected chi connectivity index (χ2v) is 3.70. The molecule has 0 saturated carbocycles. The lowest BCUT2D eigenvalue weighted by molar-refractivity contribution is 0.0694. The Kier molecular flexibility index (Phi) is 3.87. The molecule has 0 spiro atoms. The second-order valence-electron chi connectivity index (χ2n) is 3.70. The van der Waals surface area contributed by atoms with Gasteiger partial charge in [-0.2, -0.15) is 5.11 Å². The zero-order valence-corrected chi connectivity index (χ0v) is 10.3. The Labute approximate surface area is 110 Å². The van der Waals surface area contributed by atoms with E-state index in [0.717, 1.165) is 0 Å². The van der Waals surface area contributed by atoms with Crippen LogP contribution in [0.15, 0.2) is 58.8 Å². The summed E-state index contributed by atoms with van der Waals surface area (Å²) in [6.45, 7) is 0. The van der Waals surface area contributed by atoms with Crippen LogP contribution in [0.3, 0.4) is 0 Å². The van der Waals surface area contributed by atoms with Crippen LogP contribution in [0, 0.1) is 0 Å². The molecule has 0 fully saturated rings. The Balaban J connectivity index is 2.40. The molecule has 0 aromatic heterocycles. The van der Waals surface area contributed by atoms with Gasteiger partial charge in [-0.1, -0.05) is 24.3 Å². The molecule has 5 heteroatoms. The number of ether oxygens (including phenoxy) is 1. The monoisotopic (exact) mass is 256 g/mol. The van der Waals surface area contributed by atoms with Crippen molar-refractivity contribution in [1.82, 2.24) is 0 Å². The average molecular weight is 256 g/mol. The number of rotatable bonds is 4. The van der Waals surface area contributed by atoms with Crippen LogP contribution in [0.1, 0.15) is 10.4 Å². The molecule has 96 valence electrons. The lowest BCUT2D eigenvalue weighted by atomic mass is 10.1. The molecule has 0 saturated heterocycles. The first-order valence-corrected chi connectivity index (χ1v) is 5.59. The number of methoxy groups -OCH3 is 1. The first kappa shape index (κ1) is 12.8. The predicted molar refractivity (Wildman–Crippen MR) is 70.6 cm³/mol. The van der Waals surface area contributed by atoms with Crippen molar-refractivity contribution in [2.75, 3.05) is 7.11 Å². The molecule has 0 aliphatic heterocycles. The number of aromatic carboxylic acids is 1. The molecule has 0 heterocycles. The summed E-state index contributed by atoms with van der Waals surface area (Å²) in [5.41, 5.74) is 0.919. The zero-order chi connectivity index (χ0) is 13.7. The third kappa shape index (κ3) is 2.95. The van der Waals surface area contributed by atoms with Crippen molar-refractivity contribution in [2.24, 2.45) is 10.2 Å². The van der Waals surface area contributed by atoms with Crippen molar-refractivity contribution in [2.45, 2.75) is 0 Å². The molecule has 0 bridgehead atoms. The highest BCUT2D eigenvalue weighted by Gasteiger charge is 2.15. The van der Waals surface area contributed by atoms with Crippen LogP contribution < -0.4 is 4.74 Å². The van der Waals surface area contributed by atoms with E-state index >= 15 is 0 Å². The fraction of sp³-hybridized carbons (Fsp3) is 0.0714. The van der Waals surface area contributed by atoms with Gasteiger partial charge in [-0.25, -0.2) is 4.79 Å². The number of carboxylic acids is 1. The first-order valence-electron chi connectivity index (χ1n) is 5.59. The fourth-order valence-electron chi connectivity index (χ4n) is 1.59. The van der Waals surface area contributed by atoms with E-state index in [9.17, 15) is 9.90 Å². The molecule has 2 aromatic rings. The standard InChI is InChI=1S/C14H12N2O3/c1-19-12-9-5-8-11(13(12)14(17)18)16-15-10-6-3-2-4-7-10/h2-9H,1H3,(H,17,18). The summed E-state index contributed by atoms with van der Waals surface area (Å²) in [5.74, 6) is -0.837. The fourth-order valence-corrected chi connectivity index (χ4v) is 1.59. The number of azo groups is 1. The average Bonchev–Trinajstić information content (AvgIpc) is 2.45. The molecule has 1 N–H and O–H groups in total. The molecule has 0 atom stereocenters. The van der Waals surface area contributed by atoms with Gasteiger partial charge in [-0.05, 0) is 24.3 Å². The minimum Gasteiger partial charge on any atom is -0.496 e. The smallest absolute Gasteiger partial charge is 0.341 e. The van der Waals surface area contributed by atoms with Gasteiger partial charge in [0, 0.05) is 0 Å². The molecule has 5 nitrogen and oxygen atoms in total. The van der Waals surface area contributed by atoms with Gasteiger partial charge in [-0.3, -0.25) is 0 Å². The second kappa shape index (κ2) is 5.77. The molecule has 0 amide bonds. The molecule has 0 unspecified atom stereocenters. The SMILES string of the molecule is COc1cccc(N=Nc2ccccc2)c1C(=O)O. The summed E-state index contributed by atoms with van der Waals surface area (Å²) in [6.07, 6.45) is 0. The molecule has 0 radical (unpaired) electrons. The van der Waals surface area contributed by atoms with Crippen LogP contribution in [0.4, 0.5) is 11.4 Å². The molecule has 0 aliphatic rings. The van der Waals surface area contributed by atoms with Crippen molar-refractivity contribution in [1.29, 1.82) is 0 Å². The summed E-state index contributed by atoms with van der Waals surface area (Å²) in [6, 6.07) is 13.9. The molecule has 0 aliphatic carbocycles. The van der Waals surface area contributed by atoms with Gasteiger partial charge in [-0.15, -0.1) is 5.11 Å². The Morgan fingerprint density at radius 1 is 1.05 bits per heavy atom. The molecule has 2 aromatic carbocycles. The van der Waals surface area contributed by atoms with E-state index in [1.54, 1.807) is 30.3 Å². The summed E-state index contributed by atoms with van der Waals surface area (Å²) in [7, 11) is 1.42. The lowest BCUT2D eigenvalue weighted by Crippen LogP contribution is -2.00. The van der Waals surface area contributed by atoms with Gasteiger partial charge in [0.15, 0.2) is 0 Å². The number of nitrogens with zero attached hydrogens (tertiary/aromatic N) is 2. The largest absolute Gasteiger partial charge is 0.496 e. The summed E-state index contributed by atoms with van der Waals surface area (Å²) in [4.78, 5) is 11.2. The molecule has 2 rings (SSSR count). The van der Waals surface area contributed by atoms with Crippen molar-refractivity contribution in [3.63, 3.8) is 0 Å². The third-order valence-electron chi connectivity index (χ3n) is 2.47. The van der Waals surface area contributed by atoms with E-state index in [0.29, 0.717) is 5.69 Å². The Morgan fingerprint density at radius 2 is 1.79 bits per heavy atom. The van der Waals surface area contributed by atoms with E-state index in [1.165, 1.54) is 7.11 Å². The maximum absolute atomic E-state index is 11.2. The van der Waals surface area contributed by atoms with Crippen molar-refractivity contribution in [3.05, 3.63) is 54.1 Å². The number of hydrogen-bond acceptors (Lipinski definition) is 4. The number of hydrogen-bond donors (Lipinski definition) is 1. The molecule has 19 heavy (non-hydrogen) atoms. The van der Waals surface area contributed by atoms with Crippen LogP contribution in [-0.2, 0) is 0 Å². The molecular weight excluding hydrogens is 244 g/mol. The van der Waals surface area contributed by atoms with Gasteiger partial charge < -0.3 is 9.84 Å². The number of benzene rings is 2. The Bertz CT molecular complexity index is 609. The van der Waals surface area contributed by atoms with E-state index in [4.69, 9.17) is 4.74 Å². The minimum absolute atomic E-state index is 0.00433. The van der Waals surface area contributed by atoms with Gasteiger partial charge in [0.25, 0.3) is 0 Å². The first-order chi connectivity index (χ1) is 9.22. The normalized spacial score (nSPS) is 10.6. The Morgan fingerprint density at radius 3 is 2.42 bits per heavy atom. The van der Waals surface area contributed by atoms with Crippen LogP contribution in [-0.4, -0.2) is 18.2 Å². The lowest BCUT2D eigenvalue weighted by Gasteiger charge is -2.06. The maximum atomic E-state index is 11.2. The third-order valence-corrected chi connectivity index (χ3v) is 2.47. The van der Waals surface area contributed by atoms with Gasteiger partial charge in [0.05, 0.1) is 12.8 Å². The highest BCUT2D eigenvalue weighted by Crippen LogP contribution is 2.29. The van der Waals surface area contributed by atoms with Crippen LogP contribution in [0.25, 0.3) is 0 Å².